The van der Waals surface area contributed by atoms with Gasteiger partial charge in [0.1, 0.15) is 5.56 Å². The number of hydrogen-bond acceptors (Lipinski definition) is 5. The van der Waals surface area contributed by atoms with Crippen molar-refractivity contribution in [3.8, 4) is 10.6 Å². The van der Waals surface area contributed by atoms with Crippen LogP contribution in [0.3, 0.4) is 0 Å². The third kappa shape index (κ3) is 2.80. The highest BCUT2D eigenvalue weighted by Crippen LogP contribution is 2.25. The van der Waals surface area contributed by atoms with Crippen LogP contribution in [0.1, 0.15) is 23.0 Å². The highest BCUT2D eigenvalue weighted by Gasteiger charge is 2.16. The second-order valence-corrected chi connectivity index (χ2v) is 6.37. The lowest BCUT2D eigenvalue weighted by atomic mass is 10.3. The Morgan fingerprint density at radius 2 is 2.16 bits per heavy atom. The number of nitrogens with one attached hydrogen (secondary N) is 1. The van der Waals surface area contributed by atoms with Gasteiger partial charge in [0, 0.05) is 18.9 Å². The SMILES string of the molecule is CCn1nccc1CNC(=O)c1cnn2c(-c3cccs3)ccnc12. The van der Waals surface area contributed by atoms with Crippen molar-refractivity contribution in [2.75, 3.05) is 0 Å². The predicted molar refractivity (Wildman–Crippen MR) is 95.4 cm³/mol. The van der Waals surface area contributed by atoms with Crippen LogP contribution in [-0.4, -0.2) is 30.3 Å². The van der Waals surface area contributed by atoms with E-state index in [0.29, 0.717) is 17.8 Å². The van der Waals surface area contributed by atoms with E-state index in [-0.39, 0.29) is 5.91 Å². The molecule has 0 unspecified atom stereocenters. The summed E-state index contributed by atoms with van der Waals surface area (Å²) in [7, 11) is 0. The normalized spacial score (nSPS) is 11.1. The van der Waals surface area contributed by atoms with E-state index in [9.17, 15) is 4.79 Å². The summed E-state index contributed by atoms with van der Waals surface area (Å²) >= 11 is 1.62. The van der Waals surface area contributed by atoms with Crippen LogP contribution in [0.25, 0.3) is 16.2 Å². The van der Waals surface area contributed by atoms with Crippen molar-refractivity contribution >= 4 is 22.9 Å². The van der Waals surface area contributed by atoms with E-state index in [2.05, 4.69) is 20.5 Å². The van der Waals surface area contributed by atoms with E-state index in [0.717, 1.165) is 22.8 Å². The Labute approximate surface area is 147 Å². The minimum Gasteiger partial charge on any atom is -0.346 e. The third-order valence-corrected chi connectivity index (χ3v) is 4.85. The molecule has 0 fully saturated rings. The van der Waals surface area contributed by atoms with E-state index in [1.807, 2.05) is 41.3 Å². The van der Waals surface area contributed by atoms with Crippen molar-refractivity contribution in [1.29, 1.82) is 0 Å². The van der Waals surface area contributed by atoms with Crippen molar-refractivity contribution in [3.63, 3.8) is 0 Å². The zero-order valence-electron chi connectivity index (χ0n) is 13.6. The highest BCUT2D eigenvalue weighted by atomic mass is 32.1. The zero-order valence-corrected chi connectivity index (χ0v) is 14.4. The van der Waals surface area contributed by atoms with Gasteiger partial charge in [0.2, 0.25) is 0 Å². The van der Waals surface area contributed by atoms with Crippen molar-refractivity contribution in [2.24, 2.45) is 0 Å². The number of aromatic nitrogens is 5. The van der Waals surface area contributed by atoms with Gasteiger partial charge in [0.25, 0.3) is 5.91 Å². The number of amides is 1. The molecule has 0 aromatic carbocycles. The molecule has 0 aliphatic carbocycles. The summed E-state index contributed by atoms with van der Waals surface area (Å²) < 4.78 is 3.56. The van der Waals surface area contributed by atoms with Gasteiger partial charge in [-0.1, -0.05) is 6.07 Å². The maximum absolute atomic E-state index is 12.6. The first kappa shape index (κ1) is 15.5. The molecule has 0 saturated carbocycles. The van der Waals surface area contributed by atoms with Gasteiger partial charge in [-0.3, -0.25) is 9.48 Å². The molecule has 4 aromatic rings. The van der Waals surface area contributed by atoms with Crippen LogP contribution in [0.4, 0.5) is 0 Å². The molecule has 0 radical (unpaired) electrons. The maximum atomic E-state index is 12.6. The van der Waals surface area contributed by atoms with Crippen LogP contribution in [0.15, 0.2) is 48.2 Å². The fourth-order valence-corrected chi connectivity index (χ4v) is 3.46. The largest absolute Gasteiger partial charge is 0.346 e. The second-order valence-electron chi connectivity index (χ2n) is 5.42. The molecule has 4 rings (SSSR count). The van der Waals surface area contributed by atoms with Gasteiger partial charge in [-0.25, -0.2) is 9.50 Å². The monoisotopic (exact) mass is 352 g/mol. The van der Waals surface area contributed by atoms with Crippen LogP contribution in [0.5, 0.6) is 0 Å². The molecule has 4 heterocycles. The number of aryl methyl sites for hydroxylation is 1. The van der Waals surface area contributed by atoms with Gasteiger partial charge in [0.15, 0.2) is 5.65 Å². The fourth-order valence-electron chi connectivity index (χ4n) is 2.72. The number of carbonyl (C=O) groups is 1. The van der Waals surface area contributed by atoms with Gasteiger partial charge in [-0.15, -0.1) is 11.3 Å². The summed E-state index contributed by atoms with van der Waals surface area (Å²) in [5.74, 6) is -0.199. The molecule has 4 aromatic heterocycles. The first-order valence-corrected chi connectivity index (χ1v) is 8.81. The van der Waals surface area contributed by atoms with Crippen molar-refractivity contribution in [3.05, 3.63) is 59.5 Å². The second kappa shape index (κ2) is 6.48. The van der Waals surface area contributed by atoms with Crippen LogP contribution in [0.2, 0.25) is 0 Å². The van der Waals surface area contributed by atoms with E-state index in [1.54, 1.807) is 34.4 Å². The van der Waals surface area contributed by atoms with E-state index in [1.165, 1.54) is 0 Å². The average molecular weight is 352 g/mol. The molecule has 25 heavy (non-hydrogen) atoms. The minimum absolute atomic E-state index is 0.199. The first-order valence-electron chi connectivity index (χ1n) is 7.93. The smallest absolute Gasteiger partial charge is 0.257 e. The number of rotatable bonds is 5. The molecule has 0 bridgehead atoms. The Morgan fingerprint density at radius 1 is 1.24 bits per heavy atom. The quantitative estimate of drug-likeness (QED) is 0.599. The molecule has 0 aliphatic heterocycles. The summed E-state index contributed by atoms with van der Waals surface area (Å²) in [5, 5.41) is 13.5. The van der Waals surface area contributed by atoms with Crippen molar-refractivity contribution in [2.45, 2.75) is 20.0 Å². The molecule has 126 valence electrons. The lowest BCUT2D eigenvalue weighted by molar-refractivity contribution is 0.0951. The highest BCUT2D eigenvalue weighted by molar-refractivity contribution is 7.13. The molecular weight excluding hydrogens is 336 g/mol. The Hall–Kier alpha value is -3.00. The van der Waals surface area contributed by atoms with Gasteiger partial charge >= 0.3 is 0 Å². The maximum Gasteiger partial charge on any atom is 0.257 e. The van der Waals surface area contributed by atoms with Crippen LogP contribution in [-0.2, 0) is 13.1 Å². The molecule has 1 amide bonds. The Bertz CT molecular complexity index is 1020. The van der Waals surface area contributed by atoms with Crippen LogP contribution >= 0.6 is 11.3 Å². The number of carbonyl (C=O) groups excluding carboxylic acids is 1. The zero-order chi connectivity index (χ0) is 17.2. The van der Waals surface area contributed by atoms with Crippen LogP contribution < -0.4 is 5.32 Å². The summed E-state index contributed by atoms with van der Waals surface area (Å²) in [6, 6.07) is 7.80. The Kier molecular flexibility index (Phi) is 4.02. The fraction of sp³-hybridized carbons (Fsp3) is 0.176. The van der Waals surface area contributed by atoms with E-state index in [4.69, 9.17) is 0 Å². The van der Waals surface area contributed by atoms with E-state index < -0.39 is 0 Å². The summed E-state index contributed by atoms with van der Waals surface area (Å²) in [6.45, 7) is 3.19. The third-order valence-electron chi connectivity index (χ3n) is 3.95. The predicted octanol–water partition coefficient (Wildman–Crippen LogP) is 2.60. The summed E-state index contributed by atoms with van der Waals surface area (Å²) in [5.41, 5.74) is 2.89. The van der Waals surface area contributed by atoms with Crippen LogP contribution in [0, 0.1) is 0 Å². The number of fused-ring (bicyclic) bond motifs is 1. The minimum atomic E-state index is -0.199. The Morgan fingerprint density at radius 3 is 2.96 bits per heavy atom. The molecule has 8 heteroatoms. The topological polar surface area (TPSA) is 77.1 Å². The Balaban J connectivity index is 1.61. The lowest BCUT2D eigenvalue weighted by Gasteiger charge is -2.06. The number of hydrogen-bond donors (Lipinski definition) is 1. The number of nitrogens with zero attached hydrogens (tertiary/aromatic N) is 5. The summed E-state index contributed by atoms with van der Waals surface area (Å²) in [6.07, 6.45) is 5.00. The van der Waals surface area contributed by atoms with Crippen molar-refractivity contribution < 1.29 is 4.79 Å². The first-order chi connectivity index (χ1) is 12.3. The summed E-state index contributed by atoms with van der Waals surface area (Å²) in [4.78, 5) is 18.0. The number of thiophene rings is 1. The van der Waals surface area contributed by atoms with Gasteiger partial charge in [-0.05, 0) is 30.5 Å². The molecule has 1 N–H and O–H groups in total. The molecule has 7 nitrogen and oxygen atoms in total. The van der Waals surface area contributed by atoms with Gasteiger partial charge in [0.05, 0.1) is 29.0 Å². The van der Waals surface area contributed by atoms with Crippen molar-refractivity contribution in [1.82, 2.24) is 29.7 Å². The molecule has 0 saturated heterocycles. The standard InChI is InChI=1S/C17H16N6OS/c1-2-22-12(5-8-20-22)10-19-17(24)13-11-21-23-14(6-7-18-16(13)23)15-4-3-9-25-15/h3-9,11H,2,10H2,1H3,(H,19,24). The van der Waals surface area contributed by atoms with Gasteiger partial charge < -0.3 is 5.32 Å². The molecule has 0 spiro atoms. The van der Waals surface area contributed by atoms with E-state index >= 15 is 0 Å². The lowest BCUT2D eigenvalue weighted by Crippen LogP contribution is -2.24. The average Bonchev–Trinajstić information content (AvgIpc) is 3.39. The molecule has 0 aliphatic rings. The molecule has 0 atom stereocenters. The molecular formula is C17H16N6OS. The van der Waals surface area contributed by atoms with Gasteiger partial charge in [-0.2, -0.15) is 10.2 Å².